The molecule has 3 nitrogen and oxygen atoms in total. The van der Waals surface area contributed by atoms with Crippen molar-refractivity contribution in [3.05, 3.63) is 71.8 Å². The van der Waals surface area contributed by atoms with Gasteiger partial charge in [0.05, 0.1) is 12.5 Å². The molecule has 0 saturated carbocycles. The van der Waals surface area contributed by atoms with Crippen LogP contribution < -0.4 is 5.32 Å². The van der Waals surface area contributed by atoms with Gasteiger partial charge in [-0.15, -0.1) is 0 Å². The molecule has 2 aromatic carbocycles. The predicted molar refractivity (Wildman–Crippen MR) is 88.7 cm³/mol. The second-order valence-corrected chi connectivity index (χ2v) is 5.87. The van der Waals surface area contributed by atoms with E-state index in [2.05, 4.69) is 29.6 Å². The van der Waals surface area contributed by atoms with Gasteiger partial charge in [0.25, 0.3) is 0 Å². The SMILES string of the molecule is CC(C)C(CC(=O)O)NC(c1ccccc1)c1ccccc1. The Hall–Kier alpha value is -2.13. The fourth-order valence-electron chi connectivity index (χ4n) is 2.57. The van der Waals surface area contributed by atoms with Crippen molar-refractivity contribution >= 4 is 5.97 Å². The second-order valence-electron chi connectivity index (χ2n) is 5.87. The molecular weight excluding hydrogens is 274 g/mol. The third-order valence-corrected chi connectivity index (χ3v) is 3.85. The van der Waals surface area contributed by atoms with Gasteiger partial charge in [0.2, 0.25) is 0 Å². The van der Waals surface area contributed by atoms with E-state index in [9.17, 15) is 4.79 Å². The number of aliphatic carboxylic acids is 1. The lowest BCUT2D eigenvalue weighted by Crippen LogP contribution is -2.39. The summed E-state index contributed by atoms with van der Waals surface area (Å²) in [6, 6.07) is 20.2. The third kappa shape index (κ3) is 4.43. The first kappa shape index (κ1) is 16.2. The van der Waals surface area contributed by atoms with E-state index in [1.54, 1.807) is 0 Å². The molecule has 2 N–H and O–H groups in total. The van der Waals surface area contributed by atoms with Crippen LogP contribution in [0.5, 0.6) is 0 Å². The molecule has 0 aliphatic heterocycles. The maximum atomic E-state index is 11.1. The van der Waals surface area contributed by atoms with Crippen molar-refractivity contribution in [2.45, 2.75) is 32.4 Å². The maximum absolute atomic E-state index is 11.1. The summed E-state index contributed by atoms with van der Waals surface area (Å²) in [7, 11) is 0. The van der Waals surface area contributed by atoms with Crippen molar-refractivity contribution in [3.63, 3.8) is 0 Å². The number of carboxylic acid groups (broad SMARTS) is 1. The molecule has 22 heavy (non-hydrogen) atoms. The van der Waals surface area contributed by atoms with E-state index in [1.165, 1.54) is 0 Å². The summed E-state index contributed by atoms with van der Waals surface area (Å²) in [6.07, 6.45) is 0.119. The molecule has 1 atom stereocenters. The smallest absolute Gasteiger partial charge is 0.304 e. The van der Waals surface area contributed by atoms with Gasteiger partial charge in [-0.25, -0.2) is 0 Å². The van der Waals surface area contributed by atoms with Crippen LogP contribution in [-0.2, 0) is 4.79 Å². The molecule has 0 aliphatic carbocycles. The molecule has 0 spiro atoms. The minimum Gasteiger partial charge on any atom is -0.481 e. The molecule has 0 amide bonds. The van der Waals surface area contributed by atoms with Crippen LogP contribution in [0.3, 0.4) is 0 Å². The summed E-state index contributed by atoms with van der Waals surface area (Å²) >= 11 is 0. The molecule has 2 aromatic rings. The lowest BCUT2D eigenvalue weighted by molar-refractivity contribution is -0.137. The Balaban J connectivity index is 2.30. The van der Waals surface area contributed by atoms with Gasteiger partial charge in [-0.1, -0.05) is 74.5 Å². The minimum absolute atomic E-state index is 0.00542. The highest BCUT2D eigenvalue weighted by Crippen LogP contribution is 2.24. The quantitative estimate of drug-likeness (QED) is 0.815. The maximum Gasteiger partial charge on any atom is 0.304 e. The standard InChI is InChI=1S/C19H23NO2/c1-14(2)17(13-18(21)22)20-19(15-9-5-3-6-10-15)16-11-7-4-8-12-16/h3-12,14,17,19-20H,13H2,1-2H3,(H,21,22). The first-order valence-corrected chi connectivity index (χ1v) is 7.65. The molecule has 3 heteroatoms. The first-order valence-electron chi connectivity index (χ1n) is 7.65. The van der Waals surface area contributed by atoms with E-state index >= 15 is 0 Å². The van der Waals surface area contributed by atoms with E-state index in [0.29, 0.717) is 0 Å². The van der Waals surface area contributed by atoms with Gasteiger partial charge in [0.15, 0.2) is 0 Å². The second kappa shape index (κ2) is 7.76. The topological polar surface area (TPSA) is 49.3 Å². The highest BCUT2D eigenvalue weighted by atomic mass is 16.4. The molecule has 0 fully saturated rings. The van der Waals surface area contributed by atoms with E-state index in [1.807, 2.05) is 50.2 Å². The monoisotopic (exact) mass is 297 g/mol. The van der Waals surface area contributed by atoms with Crippen molar-refractivity contribution in [1.82, 2.24) is 5.32 Å². The molecule has 0 aromatic heterocycles. The van der Waals surface area contributed by atoms with Crippen molar-refractivity contribution in [3.8, 4) is 0 Å². The van der Waals surface area contributed by atoms with E-state index in [4.69, 9.17) is 5.11 Å². The minimum atomic E-state index is -0.772. The number of benzene rings is 2. The summed E-state index contributed by atoms with van der Waals surface area (Å²) in [4.78, 5) is 11.1. The molecule has 116 valence electrons. The number of nitrogens with one attached hydrogen (secondary N) is 1. The summed E-state index contributed by atoms with van der Waals surface area (Å²) in [5, 5.41) is 12.7. The summed E-state index contributed by atoms with van der Waals surface area (Å²) in [5.74, 6) is -0.530. The van der Waals surface area contributed by atoms with Gasteiger partial charge >= 0.3 is 5.97 Å². The number of rotatable bonds is 7. The number of hydrogen-bond donors (Lipinski definition) is 2. The number of carbonyl (C=O) groups is 1. The average Bonchev–Trinajstić information content (AvgIpc) is 2.52. The predicted octanol–water partition coefficient (Wildman–Crippen LogP) is 3.86. The van der Waals surface area contributed by atoms with Gasteiger partial charge in [0, 0.05) is 6.04 Å². The molecular formula is C19H23NO2. The zero-order valence-electron chi connectivity index (χ0n) is 13.1. The lowest BCUT2D eigenvalue weighted by atomic mass is 9.94. The average molecular weight is 297 g/mol. The number of hydrogen-bond acceptors (Lipinski definition) is 2. The van der Waals surface area contributed by atoms with E-state index < -0.39 is 5.97 Å². The first-order chi connectivity index (χ1) is 10.6. The Labute approximate surface area is 132 Å². The van der Waals surface area contributed by atoms with Crippen LogP contribution in [-0.4, -0.2) is 17.1 Å². The van der Waals surface area contributed by atoms with Crippen LogP contribution in [0.15, 0.2) is 60.7 Å². The van der Waals surface area contributed by atoms with Crippen LogP contribution in [0.4, 0.5) is 0 Å². The molecule has 0 aliphatic rings. The van der Waals surface area contributed by atoms with Crippen molar-refractivity contribution in [1.29, 1.82) is 0 Å². The fourth-order valence-corrected chi connectivity index (χ4v) is 2.57. The zero-order chi connectivity index (χ0) is 15.9. The highest BCUT2D eigenvalue weighted by molar-refractivity contribution is 5.67. The van der Waals surface area contributed by atoms with Crippen LogP contribution in [0.1, 0.15) is 37.4 Å². The van der Waals surface area contributed by atoms with Crippen molar-refractivity contribution in [2.24, 2.45) is 5.92 Å². The van der Waals surface area contributed by atoms with Gasteiger partial charge < -0.3 is 10.4 Å². The van der Waals surface area contributed by atoms with Crippen molar-refractivity contribution in [2.75, 3.05) is 0 Å². The Kier molecular flexibility index (Phi) is 5.73. The third-order valence-electron chi connectivity index (χ3n) is 3.85. The van der Waals surface area contributed by atoms with E-state index in [0.717, 1.165) is 11.1 Å². The zero-order valence-corrected chi connectivity index (χ0v) is 13.1. The Morgan fingerprint density at radius 3 is 1.77 bits per heavy atom. The van der Waals surface area contributed by atoms with Crippen LogP contribution >= 0.6 is 0 Å². The Morgan fingerprint density at radius 2 is 1.41 bits per heavy atom. The van der Waals surface area contributed by atoms with Crippen molar-refractivity contribution < 1.29 is 9.90 Å². The van der Waals surface area contributed by atoms with Gasteiger partial charge in [0.1, 0.15) is 0 Å². The molecule has 0 bridgehead atoms. The van der Waals surface area contributed by atoms with Gasteiger partial charge in [-0.05, 0) is 17.0 Å². The Morgan fingerprint density at radius 1 is 0.955 bits per heavy atom. The van der Waals surface area contributed by atoms with Gasteiger partial charge in [-0.2, -0.15) is 0 Å². The molecule has 2 rings (SSSR count). The Bertz CT molecular complexity index is 541. The largest absolute Gasteiger partial charge is 0.481 e. The van der Waals surface area contributed by atoms with Crippen LogP contribution in [0.25, 0.3) is 0 Å². The molecule has 1 unspecified atom stereocenters. The lowest BCUT2D eigenvalue weighted by Gasteiger charge is -2.28. The normalized spacial score (nSPS) is 12.5. The summed E-state index contributed by atoms with van der Waals surface area (Å²) in [6.45, 7) is 4.10. The fraction of sp³-hybridized carbons (Fsp3) is 0.316. The summed E-state index contributed by atoms with van der Waals surface area (Å²) in [5.41, 5.74) is 2.29. The van der Waals surface area contributed by atoms with E-state index in [-0.39, 0.29) is 24.4 Å². The van der Waals surface area contributed by atoms with Crippen LogP contribution in [0.2, 0.25) is 0 Å². The summed E-state index contributed by atoms with van der Waals surface area (Å²) < 4.78 is 0. The highest BCUT2D eigenvalue weighted by Gasteiger charge is 2.22. The molecule has 0 radical (unpaired) electrons. The van der Waals surface area contributed by atoms with Gasteiger partial charge in [-0.3, -0.25) is 4.79 Å². The molecule has 0 heterocycles. The molecule has 0 saturated heterocycles. The van der Waals surface area contributed by atoms with Crippen LogP contribution in [0, 0.1) is 5.92 Å². The number of carboxylic acids is 1.